The monoisotopic (exact) mass is 320 g/mol. The summed E-state index contributed by atoms with van der Waals surface area (Å²) in [6.07, 6.45) is 2.30. The normalized spacial score (nSPS) is 18.5. The first-order valence-electron chi connectivity index (χ1n) is 7.21. The summed E-state index contributed by atoms with van der Waals surface area (Å²) in [5, 5.41) is 17.0. The van der Waals surface area contributed by atoms with Gasteiger partial charge in [-0.15, -0.1) is 10.2 Å². The number of likely N-dealkylation sites (tertiary alicyclic amines) is 1. The second-order valence-electron chi connectivity index (χ2n) is 5.44. The maximum Gasteiger partial charge on any atom is 0.238 e. The Bertz CT molecular complexity index is 659. The molecule has 1 aromatic heterocycles. The number of anilines is 1. The first-order chi connectivity index (χ1) is 10.6. The van der Waals surface area contributed by atoms with E-state index in [0.29, 0.717) is 34.7 Å². The lowest BCUT2D eigenvalue weighted by atomic mass is 10.2. The van der Waals surface area contributed by atoms with Crippen molar-refractivity contribution in [2.75, 3.05) is 18.4 Å². The fourth-order valence-corrected chi connectivity index (χ4v) is 2.93. The summed E-state index contributed by atoms with van der Waals surface area (Å²) in [4.78, 5) is 14.3. The molecule has 1 aliphatic rings. The van der Waals surface area contributed by atoms with Crippen LogP contribution in [-0.4, -0.2) is 50.6 Å². The van der Waals surface area contributed by atoms with E-state index in [4.69, 9.17) is 11.6 Å². The number of halogens is 1. The lowest BCUT2D eigenvalue weighted by Crippen LogP contribution is -2.35. The zero-order valence-electron chi connectivity index (χ0n) is 12.2. The smallest absolute Gasteiger partial charge is 0.238 e. The van der Waals surface area contributed by atoms with Gasteiger partial charge in [-0.3, -0.25) is 9.69 Å². The number of aromatic nitrogens is 4. The quantitative estimate of drug-likeness (QED) is 0.899. The van der Waals surface area contributed by atoms with E-state index >= 15 is 0 Å². The highest BCUT2D eigenvalue weighted by atomic mass is 35.5. The van der Waals surface area contributed by atoms with Crippen molar-refractivity contribution in [3.05, 3.63) is 23.2 Å². The average molecular weight is 321 g/mol. The number of carbonyl (C=O) groups excluding carboxylic acids is 1. The van der Waals surface area contributed by atoms with Gasteiger partial charge in [0, 0.05) is 17.3 Å². The SMILES string of the molecule is C[C@H]1CCCN1CC(=O)Nc1ccc(-c2nn[nH]n2)c(Cl)c1. The largest absolute Gasteiger partial charge is 0.325 e. The number of rotatable bonds is 4. The van der Waals surface area contributed by atoms with Crippen molar-refractivity contribution in [3.63, 3.8) is 0 Å². The maximum absolute atomic E-state index is 12.1. The van der Waals surface area contributed by atoms with Gasteiger partial charge < -0.3 is 5.32 Å². The Hall–Kier alpha value is -1.99. The van der Waals surface area contributed by atoms with Gasteiger partial charge in [0.2, 0.25) is 11.7 Å². The van der Waals surface area contributed by atoms with Gasteiger partial charge in [0.25, 0.3) is 0 Å². The number of nitrogens with one attached hydrogen (secondary N) is 2. The van der Waals surface area contributed by atoms with Crippen LogP contribution >= 0.6 is 11.6 Å². The zero-order chi connectivity index (χ0) is 15.5. The van der Waals surface area contributed by atoms with Crippen LogP contribution in [0.3, 0.4) is 0 Å². The fourth-order valence-electron chi connectivity index (χ4n) is 2.66. The van der Waals surface area contributed by atoms with Crippen LogP contribution in [0.4, 0.5) is 5.69 Å². The Kier molecular flexibility index (Phi) is 4.35. The maximum atomic E-state index is 12.1. The molecule has 2 aromatic rings. The van der Waals surface area contributed by atoms with Crippen LogP contribution in [0.2, 0.25) is 5.02 Å². The van der Waals surface area contributed by atoms with Gasteiger partial charge in [-0.1, -0.05) is 11.6 Å². The zero-order valence-corrected chi connectivity index (χ0v) is 13.0. The predicted molar refractivity (Wildman–Crippen MR) is 83.5 cm³/mol. The van der Waals surface area contributed by atoms with Crippen molar-refractivity contribution in [2.45, 2.75) is 25.8 Å². The summed E-state index contributed by atoms with van der Waals surface area (Å²) in [5.41, 5.74) is 1.33. The molecule has 0 spiro atoms. The summed E-state index contributed by atoms with van der Waals surface area (Å²) < 4.78 is 0. The number of tetrazole rings is 1. The number of aromatic amines is 1. The van der Waals surface area contributed by atoms with Crippen LogP contribution in [0.15, 0.2) is 18.2 Å². The van der Waals surface area contributed by atoms with Crippen molar-refractivity contribution in [3.8, 4) is 11.4 Å². The van der Waals surface area contributed by atoms with E-state index in [9.17, 15) is 4.79 Å². The molecular weight excluding hydrogens is 304 g/mol. The molecule has 0 unspecified atom stereocenters. The van der Waals surface area contributed by atoms with Crippen LogP contribution in [-0.2, 0) is 4.79 Å². The van der Waals surface area contributed by atoms with Gasteiger partial charge >= 0.3 is 0 Å². The van der Waals surface area contributed by atoms with E-state index in [1.165, 1.54) is 0 Å². The number of amides is 1. The predicted octanol–water partition coefficient (Wildman–Crippen LogP) is 1.94. The van der Waals surface area contributed by atoms with Crippen LogP contribution in [0.25, 0.3) is 11.4 Å². The van der Waals surface area contributed by atoms with Crippen molar-refractivity contribution < 1.29 is 4.79 Å². The molecule has 2 heterocycles. The number of hydrogen-bond donors (Lipinski definition) is 2. The molecule has 1 aromatic carbocycles. The Morgan fingerprint density at radius 1 is 1.55 bits per heavy atom. The van der Waals surface area contributed by atoms with Crippen molar-refractivity contribution in [1.29, 1.82) is 0 Å². The average Bonchev–Trinajstić information content (AvgIpc) is 3.12. The van der Waals surface area contributed by atoms with Crippen LogP contribution < -0.4 is 5.32 Å². The molecule has 22 heavy (non-hydrogen) atoms. The summed E-state index contributed by atoms with van der Waals surface area (Å²) in [6.45, 7) is 3.54. The Morgan fingerprint density at radius 3 is 3.05 bits per heavy atom. The summed E-state index contributed by atoms with van der Waals surface area (Å²) >= 11 is 6.21. The molecular formula is C14H17ClN6O. The van der Waals surface area contributed by atoms with Crippen LogP contribution in [0.1, 0.15) is 19.8 Å². The van der Waals surface area contributed by atoms with E-state index < -0.39 is 0 Å². The van der Waals surface area contributed by atoms with Crippen molar-refractivity contribution in [2.24, 2.45) is 0 Å². The molecule has 8 heteroatoms. The number of H-pyrrole nitrogens is 1. The molecule has 1 fully saturated rings. The minimum absolute atomic E-state index is 0.0304. The summed E-state index contributed by atoms with van der Waals surface area (Å²) in [5.74, 6) is 0.394. The second kappa shape index (κ2) is 6.41. The molecule has 0 aliphatic carbocycles. The van der Waals surface area contributed by atoms with E-state index in [0.717, 1.165) is 19.4 Å². The molecule has 2 N–H and O–H groups in total. The molecule has 0 radical (unpaired) electrons. The first kappa shape index (κ1) is 14.9. The molecule has 1 amide bonds. The highest BCUT2D eigenvalue weighted by Crippen LogP contribution is 2.27. The van der Waals surface area contributed by atoms with E-state index in [1.54, 1.807) is 18.2 Å². The molecule has 116 valence electrons. The van der Waals surface area contributed by atoms with Gasteiger partial charge in [0.1, 0.15) is 0 Å². The van der Waals surface area contributed by atoms with E-state index in [-0.39, 0.29) is 5.91 Å². The number of nitrogens with zero attached hydrogens (tertiary/aromatic N) is 4. The van der Waals surface area contributed by atoms with Gasteiger partial charge in [-0.2, -0.15) is 5.21 Å². The number of hydrogen-bond acceptors (Lipinski definition) is 5. The number of carbonyl (C=O) groups is 1. The Balaban J connectivity index is 1.65. The van der Waals surface area contributed by atoms with Crippen molar-refractivity contribution >= 4 is 23.2 Å². The summed E-state index contributed by atoms with van der Waals surface area (Å²) in [7, 11) is 0. The first-order valence-corrected chi connectivity index (χ1v) is 7.58. The topological polar surface area (TPSA) is 86.8 Å². The second-order valence-corrected chi connectivity index (χ2v) is 5.85. The Morgan fingerprint density at radius 2 is 2.41 bits per heavy atom. The lowest BCUT2D eigenvalue weighted by molar-refractivity contribution is -0.117. The third-order valence-corrected chi connectivity index (χ3v) is 4.19. The lowest BCUT2D eigenvalue weighted by Gasteiger charge is -2.20. The van der Waals surface area contributed by atoms with Gasteiger partial charge in [0.05, 0.1) is 11.6 Å². The highest BCUT2D eigenvalue weighted by molar-refractivity contribution is 6.33. The van der Waals surface area contributed by atoms with E-state index in [1.807, 2.05) is 0 Å². The van der Waals surface area contributed by atoms with E-state index in [2.05, 4.69) is 37.8 Å². The minimum atomic E-state index is -0.0304. The molecule has 3 rings (SSSR count). The third kappa shape index (κ3) is 3.26. The minimum Gasteiger partial charge on any atom is -0.325 e. The molecule has 0 bridgehead atoms. The summed E-state index contributed by atoms with van der Waals surface area (Å²) in [6, 6.07) is 5.71. The van der Waals surface area contributed by atoms with Gasteiger partial charge in [0.15, 0.2) is 0 Å². The Labute approximate surface area is 133 Å². The number of benzene rings is 1. The van der Waals surface area contributed by atoms with Crippen LogP contribution in [0, 0.1) is 0 Å². The molecule has 7 nitrogen and oxygen atoms in total. The van der Waals surface area contributed by atoms with Crippen LogP contribution in [0.5, 0.6) is 0 Å². The fraction of sp³-hybridized carbons (Fsp3) is 0.429. The molecule has 1 saturated heterocycles. The highest BCUT2D eigenvalue weighted by Gasteiger charge is 2.22. The van der Waals surface area contributed by atoms with Gasteiger partial charge in [-0.05, 0) is 49.7 Å². The standard InChI is InChI=1S/C14H17ClN6O/c1-9-3-2-6-21(9)8-13(22)16-10-4-5-11(12(15)7-10)14-17-19-20-18-14/h4-5,7,9H,2-3,6,8H2,1H3,(H,16,22)(H,17,18,19,20)/t9-/m0/s1. The van der Waals surface area contributed by atoms with Crippen molar-refractivity contribution in [1.82, 2.24) is 25.5 Å². The van der Waals surface area contributed by atoms with Gasteiger partial charge in [-0.25, -0.2) is 0 Å². The molecule has 1 atom stereocenters. The molecule has 1 aliphatic heterocycles. The molecule has 0 saturated carbocycles. The third-order valence-electron chi connectivity index (χ3n) is 3.88.